The van der Waals surface area contributed by atoms with Gasteiger partial charge in [0.2, 0.25) is 0 Å². The summed E-state index contributed by atoms with van der Waals surface area (Å²) in [5.41, 5.74) is 1.57. The van der Waals surface area contributed by atoms with E-state index in [1.54, 1.807) is 12.1 Å². The quantitative estimate of drug-likeness (QED) is 0.688. The van der Waals surface area contributed by atoms with Crippen molar-refractivity contribution in [2.24, 2.45) is 0 Å². The molecule has 74 valence electrons. The highest BCUT2D eigenvalue weighted by molar-refractivity contribution is 5.83. The van der Waals surface area contributed by atoms with E-state index in [1.807, 2.05) is 12.1 Å². The highest BCUT2D eigenvalue weighted by Crippen LogP contribution is 2.25. The molecule has 0 radical (unpaired) electrons. The summed E-state index contributed by atoms with van der Waals surface area (Å²) in [4.78, 5) is 10.4. The lowest BCUT2D eigenvalue weighted by molar-refractivity contribution is 0.210. The van der Waals surface area contributed by atoms with Crippen LogP contribution in [0.15, 0.2) is 24.3 Å². The number of anilines is 2. The van der Waals surface area contributed by atoms with E-state index < -0.39 is 6.09 Å². The average Bonchev–Trinajstić information content (AvgIpc) is 2.87. The van der Waals surface area contributed by atoms with E-state index in [9.17, 15) is 4.79 Å². The Labute approximate surface area is 81.9 Å². The van der Waals surface area contributed by atoms with Gasteiger partial charge in [-0.15, -0.1) is 0 Å². The molecule has 4 nitrogen and oxygen atoms in total. The maximum atomic E-state index is 10.4. The number of benzene rings is 1. The SMILES string of the molecule is O=C(O)Nc1cccc(NC2CC2)c1. The third-order valence-corrected chi connectivity index (χ3v) is 2.06. The minimum atomic E-state index is -1.03. The second-order valence-electron chi connectivity index (χ2n) is 3.43. The first kappa shape index (κ1) is 8.87. The summed E-state index contributed by atoms with van der Waals surface area (Å²) in [5, 5.41) is 14.1. The van der Waals surface area contributed by atoms with Gasteiger partial charge in [-0.1, -0.05) is 6.07 Å². The van der Waals surface area contributed by atoms with Gasteiger partial charge in [-0.25, -0.2) is 4.79 Å². The molecule has 0 spiro atoms. The van der Waals surface area contributed by atoms with Gasteiger partial charge in [0.25, 0.3) is 0 Å². The molecule has 1 aliphatic carbocycles. The fraction of sp³-hybridized carbons (Fsp3) is 0.300. The zero-order valence-electron chi connectivity index (χ0n) is 7.66. The number of carboxylic acid groups (broad SMARTS) is 1. The number of nitrogens with one attached hydrogen (secondary N) is 2. The summed E-state index contributed by atoms with van der Waals surface area (Å²) in [7, 11) is 0. The monoisotopic (exact) mass is 192 g/mol. The second kappa shape index (κ2) is 3.57. The van der Waals surface area contributed by atoms with E-state index in [0.717, 1.165) is 5.69 Å². The molecule has 1 aliphatic rings. The van der Waals surface area contributed by atoms with Crippen LogP contribution in [0.5, 0.6) is 0 Å². The van der Waals surface area contributed by atoms with E-state index in [0.29, 0.717) is 11.7 Å². The molecule has 1 saturated carbocycles. The van der Waals surface area contributed by atoms with E-state index >= 15 is 0 Å². The number of amides is 1. The van der Waals surface area contributed by atoms with Crippen molar-refractivity contribution in [3.63, 3.8) is 0 Å². The van der Waals surface area contributed by atoms with Crippen molar-refractivity contribution >= 4 is 17.5 Å². The Bertz CT molecular complexity index is 348. The van der Waals surface area contributed by atoms with Gasteiger partial charge in [0, 0.05) is 17.4 Å². The van der Waals surface area contributed by atoms with Gasteiger partial charge >= 0.3 is 6.09 Å². The zero-order chi connectivity index (χ0) is 9.97. The van der Waals surface area contributed by atoms with Gasteiger partial charge in [-0.05, 0) is 31.0 Å². The summed E-state index contributed by atoms with van der Waals surface area (Å²) in [6.45, 7) is 0. The van der Waals surface area contributed by atoms with Crippen LogP contribution in [0.3, 0.4) is 0 Å². The fourth-order valence-electron chi connectivity index (χ4n) is 1.27. The number of rotatable bonds is 3. The molecule has 0 saturated heterocycles. The fourth-order valence-corrected chi connectivity index (χ4v) is 1.27. The van der Waals surface area contributed by atoms with Gasteiger partial charge in [-0.3, -0.25) is 5.32 Å². The molecule has 1 fully saturated rings. The molecule has 0 aliphatic heterocycles. The molecule has 0 heterocycles. The average molecular weight is 192 g/mol. The Morgan fingerprint density at radius 1 is 1.36 bits per heavy atom. The van der Waals surface area contributed by atoms with E-state index in [4.69, 9.17) is 5.11 Å². The van der Waals surface area contributed by atoms with Crippen molar-refractivity contribution in [3.8, 4) is 0 Å². The molecule has 0 bridgehead atoms. The third-order valence-electron chi connectivity index (χ3n) is 2.06. The van der Waals surface area contributed by atoms with Crippen LogP contribution in [0.2, 0.25) is 0 Å². The van der Waals surface area contributed by atoms with Gasteiger partial charge < -0.3 is 10.4 Å². The van der Waals surface area contributed by atoms with E-state index in [-0.39, 0.29) is 0 Å². The van der Waals surface area contributed by atoms with Crippen molar-refractivity contribution in [1.29, 1.82) is 0 Å². The van der Waals surface area contributed by atoms with Crippen LogP contribution in [0.25, 0.3) is 0 Å². The molecule has 2 rings (SSSR count). The molecular weight excluding hydrogens is 180 g/mol. The predicted octanol–water partition coefficient (Wildman–Crippen LogP) is 2.35. The minimum absolute atomic E-state index is 0.579. The topological polar surface area (TPSA) is 61.4 Å². The van der Waals surface area contributed by atoms with Crippen LogP contribution in [-0.4, -0.2) is 17.2 Å². The lowest BCUT2D eigenvalue weighted by Gasteiger charge is -2.06. The Hall–Kier alpha value is -1.71. The number of hydrogen-bond acceptors (Lipinski definition) is 2. The maximum Gasteiger partial charge on any atom is 0.409 e. The molecular formula is C10H12N2O2. The second-order valence-corrected chi connectivity index (χ2v) is 3.43. The van der Waals surface area contributed by atoms with Crippen LogP contribution in [0.4, 0.5) is 16.2 Å². The Kier molecular flexibility index (Phi) is 2.26. The van der Waals surface area contributed by atoms with E-state index in [1.165, 1.54) is 12.8 Å². The highest BCUT2D eigenvalue weighted by atomic mass is 16.4. The molecule has 1 aromatic rings. The Morgan fingerprint density at radius 3 is 2.71 bits per heavy atom. The smallest absolute Gasteiger partial charge is 0.409 e. The number of hydrogen-bond donors (Lipinski definition) is 3. The van der Waals surface area contributed by atoms with Crippen molar-refractivity contribution in [1.82, 2.24) is 0 Å². The van der Waals surface area contributed by atoms with Crippen molar-refractivity contribution in [3.05, 3.63) is 24.3 Å². The molecule has 3 N–H and O–H groups in total. The van der Waals surface area contributed by atoms with E-state index in [2.05, 4.69) is 10.6 Å². The van der Waals surface area contributed by atoms with Crippen LogP contribution >= 0.6 is 0 Å². The summed E-state index contributed by atoms with van der Waals surface area (Å²) in [6, 6.07) is 7.87. The van der Waals surface area contributed by atoms with Gasteiger partial charge in [0.15, 0.2) is 0 Å². The lowest BCUT2D eigenvalue weighted by atomic mass is 10.3. The lowest BCUT2D eigenvalue weighted by Crippen LogP contribution is -2.08. The Morgan fingerprint density at radius 2 is 2.07 bits per heavy atom. The highest BCUT2D eigenvalue weighted by Gasteiger charge is 2.20. The molecule has 14 heavy (non-hydrogen) atoms. The van der Waals surface area contributed by atoms with Crippen molar-refractivity contribution in [2.75, 3.05) is 10.6 Å². The zero-order valence-corrected chi connectivity index (χ0v) is 7.66. The van der Waals surface area contributed by atoms with Crippen LogP contribution in [0, 0.1) is 0 Å². The summed E-state index contributed by atoms with van der Waals surface area (Å²) >= 11 is 0. The van der Waals surface area contributed by atoms with Crippen LogP contribution in [0.1, 0.15) is 12.8 Å². The molecule has 0 unspecified atom stereocenters. The first-order chi connectivity index (χ1) is 6.74. The van der Waals surface area contributed by atoms with Crippen LogP contribution in [-0.2, 0) is 0 Å². The summed E-state index contributed by atoms with van der Waals surface area (Å²) in [5.74, 6) is 0. The minimum Gasteiger partial charge on any atom is -0.465 e. The predicted molar refractivity (Wildman–Crippen MR) is 54.7 cm³/mol. The van der Waals surface area contributed by atoms with Gasteiger partial charge in [-0.2, -0.15) is 0 Å². The molecule has 1 aromatic carbocycles. The molecule has 0 atom stereocenters. The first-order valence-corrected chi connectivity index (χ1v) is 4.60. The largest absolute Gasteiger partial charge is 0.465 e. The number of carbonyl (C=O) groups is 1. The normalized spacial score (nSPS) is 14.9. The van der Waals surface area contributed by atoms with Crippen molar-refractivity contribution in [2.45, 2.75) is 18.9 Å². The first-order valence-electron chi connectivity index (χ1n) is 4.60. The summed E-state index contributed by atoms with van der Waals surface area (Å²) < 4.78 is 0. The van der Waals surface area contributed by atoms with Crippen molar-refractivity contribution < 1.29 is 9.90 Å². The van der Waals surface area contributed by atoms with Gasteiger partial charge in [0.1, 0.15) is 0 Å². The summed E-state index contributed by atoms with van der Waals surface area (Å²) in [6.07, 6.45) is 1.38. The molecule has 1 amide bonds. The van der Waals surface area contributed by atoms with Crippen LogP contribution < -0.4 is 10.6 Å². The Balaban J connectivity index is 2.05. The maximum absolute atomic E-state index is 10.4. The third kappa shape index (κ3) is 2.39. The molecule has 0 aromatic heterocycles. The van der Waals surface area contributed by atoms with Gasteiger partial charge in [0.05, 0.1) is 0 Å². The standard InChI is InChI=1S/C10H12N2O2/c13-10(14)12-9-3-1-2-8(6-9)11-7-4-5-7/h1-3,6-7,11-12H,4-5H2,(H,13,14). The molecule has 4 heteroatoms.